The average Bonchev–Trinajstić information content (AvgIpc) is 2.23. The largest absolute Gasteiger partial charge is 0.313 e. The molecule has 0 aliphatic heterocycles. The molecule has 0 aromatic heterocycles. The number of nitrogens with one attached hydrogen (secondary N) is 2. The van der Waals surface area contributed by atoms with Crippen LogP contribution in [0.2, 0.25) is 0 Å². The summed E-state index contributed by atoms with van der Waals surface area (Å²) in [6.07, 6.45) is 0. The van der Waals surface area contributed by atoms with Gasteiger partial charge in [0.1, 0.15) is 0 Å². The predicted octanol–water partition coefficient (Wildman–Crippen LogP) is 0.879. The van der Waals surface area contributed by atoms with Gasteiger partial charge in [-0.05, 0) is 26.9 Å². The van der Waals surface area contributed by atoms with Crippen LogP contribution in [0.1, 0.15) is 34.6 Å². The van der Waals surface area contributed by atoms with Crippen molar-refractivity contribution in [3.05, 3.63) is 0 Å². The van der Waals surface area contributed by atoms with Crippen LogP contribution in [-0.2, 0) is 10.0 Å². The highest BCUT2D eigenvalue weighted by molar-refractivity contribution is 7.90. The lowest BCUT2D eigenvalue weighted by Gasteiger charge is -2.27. The molecule has 19 heavy (non-hydrogen) atoms. The summed E-state index contributed by atoms with van der Waals surface area (Å²) in [7, 11) is 0.619. The van der Waals surface area contributed by atoms with Crippen molar-refractivity contribution in [3.63, 3.8) is 0 Å². The molecule has 6 heteroatoms. The minimum atomic E-state index is -3.28. The fourth-order valence-electron chi connectivity index (χ4n) is 1.62. The Balaban J connectivity index is 4.62. The Labute approximate surface area is 119 Å². The molecular formula is C13H31N3O2S. The highest BCUT2D eigenvalue weighted by Crippen LogP contribution is 2.07. The van der Waals surface area contributed by atoms with E-state index in [0.29, 0.717) is 19.1 Å². The summed E-state index contributed by atoms with van der Waals surface area (Å²) in [5, 5.41) is 2.73. The average molecular weight is 293 g/mol. The maximum absolute atomic E-state index is 12.3. The molecule has 0 aliphatic rings. The van der Waals surface area contributed by atoms with Crippen LogP contribution in [0.25, 0.3) is 0 Å². The molecule has 0 heterocycles. The fraction of sp³-hybridized carbons (Fsp3) is 1.00. The summed E-state index contributed by atoms with van der Waals surface area (Å²) >= 11 is 0. The van der Waals surface area contributed by atoms with Crippen LogP contribution >= 0.6 is 0 Å². The molecule has 0 aromatic carbocycles. The van der Waals surface area contributed by atoms with E-state index in [4.69, 9.17) is 0 Å². The van der Waals surface area contributed by atoms with E-state index >= 15 is 0 Å². The first-order chi connectivity index (χ1) is 8.56. The molecule has 2 atom stereocenters. The fourth-order valence-corrected chi connectivity index (χ4v) is 2.93. The molecule has 0 spiro atoms. The smallest absolute Gasteiger partial charge is 0.215 e. The zero-order valence-corrected chi connectivity index (χ0v) is 14.2. The third-order valence-electron chi connectivity index (χ3n) is 3.03. The summed E-state index contributed by atoms with van der Waals surface area (Å²) in [4.78, 5) is 2.00. The van der Waals surface area contributed by atoms with Crippen LogP contribution in [0, 0.1) is 5.92 Å². The second-order valence-electron chi connectivity index (χ2n) is 6.15. The Morgan fingerprint density at radius 2 is 1.58 bits per heavy atom. The van der Waals surface area contributed by atoms with E-state index in [-0.39, 0.29) is 12.0 Å². The first-order valence-corrected chi connectivity index (χ1v) is 8.50. The normalized spacial score (nSPS) is 16.3. The van der Waals surface area contributed by atoms with E-state index in [1.165, 1.54) is 0 Å². The molecule has 0 saturated heterocycles. The maximum Gasteiger partial charge on any atom is 0.215 e. The number of nitrogens with zero attached hydrogens (tertiary/aromatic N) is 1. The minimum absolute atomic E-state index is 0.0542. The van der Waals surface area contributed by atoms with Gasteiger partial charge in [-0.1, -0.05) is 27.7 Å². The standard InChI is InChI=1S/C13H31N3O2S/c1-10(2)13(9-16(6)7)15-19(17,18)12(5)8-14-11(3)4/h10-15H,8-9H2,1-7H3. The summed E-state index contributed by atoms with van der Waals surface area (Å²) in [5.74, 6) is 0.266. The summed E-state index contributed by atoms with van der Waals surface area (Å²) in [6, 6.07) is 0.238. The van der Waals surface area contributed by atoms with Crippen molar-refractivity contribution in [3.8, 4) is 0 Å². The van der Waals surface area contributed by atoms with Crippen molar-refractivity contribution in [2.75, 3.05) is 27.2 Å². The zero-order chi connectivity index (χ0) is 15.2. The van der Waals surface area contributed by atoms with Crippen molar-refractivity contribution in [2.24, 2.45) is 5.92 Å². The highest BCUT2D eigenvalue weighted by Gasteiger charge is 2.26. The molecular weight excluding hydrogens is 262 g/mol. The number of hydrogen-bond acceptors (Lipinski definition) is 4. The molecule has 116 valence electrons. The Bertz CT molecular complexity index is 340. The van der Waals surface area contributed by atoms with Gasteiger partial charge in [0.05, 0.1) is 5.25 Å². The summed E-state index contributed by atoms with van der Waals surface area (Å²) in [5.41, 5.74) is 0. The lowest BCUT2D eigenvalue weighted by molar-refractivity contribution is 0.313. The molecule has 0 aromatic rings. The quantitative estimate of drug-likeness (QED) is 0.662. The molecule has 2 unspecified atom stereocenters. The van der Waals surface area contributed by atoms with E-state index in [0.717, 1.165) is 0 Å². The number of rotatable bonds is 9. The van der Waals surface area contributed by atoms with Gasteiger partial charge in [-0.2, -0.15) is 0 Å². The monoisotopic (exact) mass is 293 g/mol. The minimum Gasteiger partial charge on any atom is -0.313 e. The van der Waals surface area contributed by atoms with E-state index in [1.807, 2.05) is 46.7 Å². The summed E-state index contributed by atoms with van der Waals surface area (Å²) < 4.78 is 27.4. The third kappa shape index (κ3) is 7.87. The van der Waals surface area contributed by atoms with Gasteiger partial charge >= 0.3 is 0 Å². The van der Waals surface area contributed by atoms with Gasteiger partial charge in [-0.3, -0.25) is 0 Å². The Hall–Kier alpha value is -0.170. The molecule has 2 N–H and O–H groups in total. The molecule has 0 fully saturated rings. The van der Waals surface area contributed by atoms with Gasteiger partial charge in [-0.25, -0.2) is 13.1 Å². The van der Waals surface area contributed by atoms with Gasteiger partial charge in [0.15, 0.2) is 0 Å². The second-order valence-corrected chi connectivity index (χ2v) is 8.28. The molecule has 5 nitrogen and oxygen atoms in total. The number of likely N-dealkylation sites (N-methyl/N-ethyl adjacent to an activating group) is 1. The van der Waals surface area contributed by atoms with E-state index in [9.17, 15) is 8.42 Å². The van der Waals surface area contributed by atoms with E-state index < -0.39 is 15.3 Å². The van der Waals surface area contributed by atoms with E-state index in [2.05, 4.69) is 10.0 Å². The van der Waals surface area contributed by atoms with Gasteiger partial charge in [0.25, 0.3) is 0 Å². The van der Waals surface area contributed by atoms with Crippen LogP contribution in [0.15, 0.2) is 0 Å². The lowest BCUT2D eigenvalue weighted by Crippen LogP contribution is -2.49. The van der Waals surface area contributed by atoms with Crippen molar-refractivity contribution >= 4 is 10.0 Å². The van der Waals surface area contributed by atoms with Crippen LogP contribution < -0.4 is 10.0 Å². The number of sulfonamides is 1. The highest BCUT2D eigenvalue weighted by atomic mass is 32.2. The first-order valence-electron chi connectivity index (χ1n) is 6.95. The van der Waals surface area contributed by atoms with Crippen LogP contribution in [-0.4, -0.2) is 57.8 Å². The molecule has 0 radical (unpaired) electrons. The Morgan fingerprint density at radius 3 is 1.95 bits per heavy atom. The third-order valence-corrected chi connectivity index (χ3v) is 4.88. The van der Waals surface area contributed by atoms with Gasteiger partial charge < -0.3 is 10.2 Å². The van der Waals surface area contributed by atoms with Gasteiger partial charge in [-0.15, -0.1) is 0 Å². The summed E-state index contributed by atoms with van der Waals surface area (Å²) in [6.45, 7) is 11.0. The molecule has 0 bridgehead atoms. The maximum atomic E-state index is 12.3. The van der Waals surface area contributed by atoms with Crippen molar-refractivity contribution < 1.29 is 8.42 Å². The topological polar surface area (TPSA) is 61.4 Å². The van der Waals surface area contributed by atoms with Crippen molar-refractivity contribution in [2.45, 2.75) is 52.0 Å². The lowest BCUT2D eigenvalue weighted by atomic mass is 10.1. The van der Waals surface area contributed by atoms with Crippen molar-refractivity contribution in [1.82, 2.24) is 14.9 Å². The Morgan fingerprint density at radius 1 is 1.05 bits per heavy atom. The van der Waals surface area contributed by atoms with Crippen molar-refractivity contribution in [1.29, 1.82) is 0 Å². The molecule has 0 rings (SSSR count). The second kappa shape index (κ2) is 8.19. The van der Waals surface area contributed by atoms with Crippen LogP contribution in [0.4, 0.5) is 0 Å². The predicted molar refractivity (Wildman–Crippen MR) is 81.8 cm³/mol. The molecule has 0 aliphatic carbocycles. The first kappa shape index (κ1) is 18.8. The van der Waals surface area contributed by atoms with Crippen LogP contribution in [0.3, 0.4) is 0 Å². The SMILES string of the molecule is CC(C)NCC(C)S(=O)(=O)NC(CN(C)C)C(C)C. The Kier molecular flexibility index (Phi) is 8.12. The number of hydrogen-bond donors (Lipinski definition) is 2. The molecule has 0 amide bonds. The molecule has 0 saturated carbocycles. The van der Waals surface area contributed by atoms with Crippen LogP contribution in [0.5, 0.6) is 0 Å². The van der Waals surface area contributed by atoms with Gasteiger partial charge in [0, 0.05) is 25.2 Å². The van der Waals surface area contributed by atoms with Gasteiger partial charge in [0.2, 0.25) is 10.0 Å². The zero-order valence-electron chi connectivity index (χ0n) is 13.4. The van der Waals surface area contributed by atoms with E-state index in [1.54, 1.807) is 6.92 Å².